The molecule has 2 aromatic rings. The highest BCUT2D eigenvalue weighted by Gasteiger charge is 2.33. The van der Waals surface area contributed by atoms with E-state index in [0.717, 1.165) is 10.4 Å². The predicted octanol–water partition coefficient (Wildman–Crippen LogP) is 4.29. The van der Waals surface area contributed by atoms with E-state index in [-0.39, 0.29) is 17.8 Å². The molecule has 0 saturated carbocycles. The Labute approximate surface area is 155 Å². The molecule has 1 aliphatic heterocycles. The smallest absolute Gasteiger partial charge is 0.410 e. The van der Waals surface area contributed by atoms with Crippen molar-refractivity contribution in [2.75, 3.05) is 18.9 Å². The van der Waals surface area contributed by atoms with Crippen molar-refractivity contribution in [3.63, 3.8) is 0 Å². The van der Waals surface area contributed by atoms with E-state index in [1.54, 1.807) is 36.1 Å². The lowest BCUT2D eigenvalue weighted by molar-refractivity contribution is 0.0995. The highest BCUT2D eigenvalue weighted by atomic mass is 35.5. The van der Waals surface area contributed by atoms with E-state index in [9.17, 15) is 9.59 Å². The summed E-state index contributed by atoms with van der Waals surface area (Å²) in [5.41, 5.74) is 8.22. The number of fused-ring (bicyclic) bond motifs is 1. The van der Waals surface area contributed by atoms with Gasteiger partial charge < -0.3 is 15.4 Å². The first-order valence-electron chi connectivity index (χ1n) is 8.05. The van der Waals surface area contributed by atoms with Gasteiger partial charge in [0, 0.05) is 27.9 Å². The molecule has 5 nitrogen and oxygen atoms in total. The van der Waals surface area contributed by atoms with Gasteiger partial charge in [-0.05, 0) is 36.8 Å². The van der Waals surface area contributed by atoms with E-state index >= 15 is 0 Å². The molecular formula is C18H19ClN2O3S. The second-order valence-corrected chi connectivity index (χ2v) is 7.57. The Hall–Kier alpha value is -2.05. The number of nitrogen functional groups attached to an aromatic ring is 1. The monoisotopic (exact) mass is 378 g/mol. The van der Waals surface area contributed by atoms with E-state index in [2.05, 4.69) is 0 Å². The zero-order valence-corrected chi connectivity index (χ0v) is 15.6. The van der Waals surface area contributed by atoms with Crippen LogP contribution in [-0.4, -0.2) is 29.9 Å². The third-order valence-electron chi connectivity index (χ3n) is 4.23. The van der Waals surface area contributed by atoms with Crippen LogP contribution in [0.4, 0.5) is 9.80 Å². The number of anilines is 1. The molecule has 2 N–H and O–H groups in total. The SMILES string of the molecule is CCOC(=O)N1Cc2sc(N)c(C(=O)c3ccc(Cl)cc3)c2C(C)C1. The van der Waals surface area contributed by atoms with E-state index in [1.165, 1.54) is 11.3 Å². The lowest BCUT2D eigenvalue weighted by Gasteiger charge is -2.30. The number of carbonyl (C=O) groups excluding carboxylic acids is 2. The van der Waals surface area contributed by atoms with E-state index in [1.807, 2.05) is 6.92 Å². The minimum Gasteiger partial charge on any atom is -0.450 e. The number of ether oxygens (including phenoxy) is 1. The first kappa shape index (κ1) is 17.8. The topological polar surface area (TPSA) is 72.6 Å². The number of thiophene rings is 1. The summed E-state index contributed by atoms with van der Waals surface area (Å²) in [7, 11) is 0. The van der Waals surface area contributed by atoms with Crippen molar-refractivity contribution in [2.45, 2.75) is 26.3 Å². The van der Waals surface area contributed by atoms with Gasteiger partial charge >= 0.3 is 6.09 Å². The molecule has 1 unspecified atom stereocenters. The maximum absolute atomic E-state index is 13.0. The number of nitrogens with two attached hydrogens (primary N) is 1. The Morgan fingerprint density at radius 3 is 2.68 bits per heavy atom. The largest absolute Gasteiger partial charge is 0.450 e. The molecule has 0 aliphatic carbocycles. The number of carbonyl (C=O) groups is 2. The van der Waals surface area contributed by atoms with E-state index < -0.39 is 0 Å². The number of halogens is 1. The third-order valence-corrected chi connectivity index (χ3v) is 5.50. The lowest BCUT2D eigenvalue weighted by Crippen LogP contribution is -2.37. The van der Waals surface area contributed by atoms with Gasteiger partial charge in [0.05, 0.1) is 23.7 Å². The van der Waals surface area contributed by atoms with Gasteiger partial charge in [0.1, 0.15) is 0 Å². The number of ketones is 1. The van der Waals surface area contributed by atoms with E-state index in [4.69, 9.17) is 22.1 Å². The molecule has 0 fully saturated rings. The summed E-state index contributed by atoms with van der Waals surface area (Å²) in [6.45, 7) is 5.03. The first-order valence-corrected chi connectivity index (χ1v) is 9.24. The highest BCUT2D eigenvalue weighted by molar-refractivity contribution is 7.16. The molecule has 0 saturated heterocycles. The molecule has 7 heteroatoms. The van der Waals surface area contributed by atoms with Crippen molar-refractivity contribution in [3.05, 3.63) is 50.9 Å². The van der Waals surface area contributed by atoms with Crippen molar-refractivity contribution in [1.29, 1.82) is 0 Å². The Morgan fingerprint density at radius 2 is 2.04 bits per heavy atom. The second-order valence-electron chi connectivity index (χ2n) is 5.99. The molecule has 0 bridgehead atoms. The number of amides is 1. The zero-order chi connectivity index (χ0) is 18.1. The molecular weight excluding hydrogens is 360 g/mol. The summed E-state index contributed by atoms with van der Waals surface area (Å²) in [4.78, 5) is 27.6. The van der Waals surface area contributed by atoms with Crippen LogP contribution in [0.25, 0.3) is 0 Å². The summed E-state index contributed by atoms with van der Waals surface area (Å²) in [5.74, 6) is -0.101. The van der Waals surface area contributed by atoms with Crippen LogP contribution in [0, 0.1) is 0 Å². The zero-order valence-electron chi connectivity index (χ0n) is 14.0. The predicted molar refractivity (Wildman–Crippen MR) is 99.5 cm³/mol. The quantitative estimate of drug-likeness (QED) is 0.808. The summed E-state index contributed by atoms with van der Waals surface area (Å²) < 4.78 is 5.09. The Balaban J connectivity index is 1.95. The minimum atomic E-state index is -0.336. The van der Waals surface area contributed by atoms with Gasteiger partial charge in [0.25, 0.3) is 0 Å². The molecule has 0 spiro atoms. The number of rotatable bonds is 3. The standard InChI is InChI=1S/C18H19ClN2O3S/c1-3-24-18(23)21-8-10(2)14-13(9-21)25-17(20)15(14)16(22)11-4-6-12(19)7-5-11/h4-7,10H,3,8-9,20H2,1-2H3. The molecule has 1 amide bonds. The summed E-state index contributed by atoms with van der Waals surface area (Å²) in [6, 6.07) is 6.78. The molecule has 1 atom stereocenters. The van der Waals surface area contributed by atoms with Gasteiger partial charge in [-0.3, -0.25) is 4.79 Å². The summed E-state index contributed by atoms with van der Waals surface area (Å²) in [5, 5.41) is 1.07. The minimum absolute atomic E-state index is 0.00737. The molecule has 25 heavy (non-hydrogen) atoms. The number of nitrogens with zero attached hydrogens (tertiary/aromatic N) is 1. The van der Waals surface area contributed by atoms with Crippen molar-refractivity contribution in [3.8, 4) is 0 Å². The average Bonchev–Trinajstić information content (AvgIpc) is 2.91. The van der Waals surface area contributed by atoms with Crippen LogP contribution in [0.15, 0.2) is 24.3 Å². The molecule has 3 rings (SSSR count). The van der Waals surface area contributed by atoms with Gasteiger partial charge in [0.15, 0.2) is 5.78 Å². The van der Waals surface area contributed by atoms with Gasteiger partial charge in [-0.1, -0.05) is 18.5 Å². The van der Waals surface area contributed by atoms with Crippen LogP contribution in [0.3, 0.4) is 0 Å². The summed E-state index contributed by atoms with van der Waals surface area (Å²) >= 11 is 7.27. The van der Waals surface area contributed by atoms with Crippen LogP contribution in [0.1, 0.15) is 46.1 Å². The fourth-order valence-corrected chi connectivity index (χ4v) is 4.47. The molecule has 1 aliphatic rings. The number of hydrogen-bond acceptors (Lipinski definition) is 5. The molecule has 2 heterocycles. The third kappa shape index (κ3) is 3.37. The Bertz CT molecular complexity index is 816. The average molecular weight is 379 g/mol. The maximum Gasteiger partial charge on any atom is 0.410 e. The Morgan fingerprint density at radius 1 is 1.36 bits per heavy atom. The lowest BCUT2D eigenvalue weighted by atomic mass is 9.90. The van der Waals surface area contributed by atoms with Gasteiger partial charge in [-0.15, -0.1) is 11.3 Å². The van der Waals surface area contributed by atoms with Gasteiger partial charge in [0.2, 0.25) is 0 Å². The second kappa shape index (κ2) is 7.06. The molecule has 1 aromatic carbocycles. The number of hydrogen-bond donors (Lipinski definition) is 1. The van der Waals surface area contributed by atoms with Crippen LogP contribution in [-0.2, 0) is 11.3 Å². The van der Waals surface area contributed by atoms with Crippen LogP contribution in [0.2, 0.25) is 5.02 Å². The van der Waals surface area contributed by atoms with Gasteiger partial charge in [-0.2, -0.15) is 0 Å². The molecule has 132 valence electrons. The number of benzene rings is 1. The molecule has 0 radical (unpaired) electrons. The van der Waals surface area contributed by atoms with Crippen LogP contribution < -0.4 is 5.73 Å². The maximum atomic E-state index is 13.0. The van der Waals surface area contributed by atoms with Crippen molar-refractivity contribution < 1.29 is 14.3 Å². The fourth-order valence-electron chi connectivity index (χ4n) is 3.14. The highest BCUT2D eigenvalue weighted by Crippen LogP contribution is 2.41. The van der Waals surface area contributed by atoms with Crippen molar-refractivity contribution in [1.82, 2.24) is 4.90 Å². The molecule has 1 aromatic heterocycles. The Kier molecular flexibility index (Phi) is 5.01. The first-order chi connectivity index (χ1) is 11.9. The van der Waals surface area contributed by atoms with Crippen LogP contribution >= 0.6 is 22.9 Å². The normalized spacial score (nSPS) is 16.4. The van der Waals surface area contributed by atoms with Gasteiger partial charge in [-0.25, -0.2) is 4.79 Å². The van der Waals surface area contributed by atoms with E-state index in [0.29, 0.717) is 40.8 Å². The van der Waals surface area contributed by atoms with Crippen LogP contribution in [0.5, 0.6) is 0 Å². The summed E-state index contributed by atoms with van der Waals surface area (Å²) in [6.07, 6.45) is -0.336. The fraction of sp³-hybridized carbons (Fsp3) is 0.333. The van der Waals surface area contributed by atoms with Crippen molar-refractivity contribution >= 4 is 39.8 Å². The van der Waals surface area contributed by atoms with Crippen molar-refractivity contribution in [2.24, 2.45) is 0 Å².